The number of hydrogen-bond donors (Lipinski definition) is 1. The van der Waals surface area contributed by atoms with E-state index in [0.717, 1.165) is 25.2 Å². The van der Waals surface area contributed by atoms with E-state index in [1.54, 1.807) is 0 Å². The molecule has 0 aliphatic carbocycles. The van der Waals surface area contributed by atoms with Crippen molar-refractivity contribution in [2.75, 3.05) is 45.8 Å². The summed E-state index contributed by atoms with van der Waals surface area (Å²) in [5.74, 6) is -0.979. The summed E-state index contributed by atoms with van der Waals surface area (Å²) in [7, 11) is 0. The molecule has 0 aromatic carbocycles. The van der Waals surface area contributed by atoms with Gasteiger partial charge in [0.15, 0.2) is 0 Å². The largest absolute Gasteiger partial charge is 0.481 e. The zero-order valence-corrected chi connectivity index (χ0v) is 14.2. The van der Waals surface area contributed by atoms with Gasteiger partial charge >= 0.3 is 5.97 Å². The lowest BCUT2D eigenvalue weighted by atomic mass is 10.1. The fraction of sp³-hybridized carbons (Fsp3) is 0.625. The van der Waals surface area contributed by atoms with Gasteiger partial charge in [-0.15, -0.1) is 0 Å². The average molecular weight is 337 g/mol. The number of rotatable bonds is 3. The van der Waals surface area contributed by atoms with Crippen molar-refractivity contribution in [2.24, 2.45) is 5.92 Å². The molecule has 6 nitrogen and oxygen atoms in total. The number of likely N-dealkylation sites (N-methyl/N-ethyl adjacent to an activating group) is 1. The average Bonchev–Trinajstić information content (AvgIpc) is 3.01. The smallest absolute Gasteiger partial charge is 0.309 e. The Morgan fingerprint density at radius 1 is 1.26 bits per heavy atom. The molecule has 2 aliphatic rings. The minimum Gasteiger partial charge on any atom is -0.481 e. The Bertz CT molecular complexity index is 563. The van der Waals surface area contributed by atoms with Gasteiger partial charge in [-0.25, -0.2) is 0 Å². The second-order valence-electron chi connectivity index (χ2n) is 6.30. The number of amides is 1. The van der Waals surface area contributed by atoms with Crippen molar-refractivity contribution in [1.29, 1.82) is 0 Å². The van der Waals surface area contributed by atoms with Crippen molar-refractivity contribution in [3.63, 3.8) is 0 Å². The number of carbonyl (C=O) groups is 2. The molecule has 0 spiro atoms. The van der Waals surface area contributed by atoms with Crippen LogP contribution in [-0.4, -0.2) is 83.5 Å². The minimum absolute atomic E-state index is 0.0907. The molecule has 2 saturated heterocycles. The molecule has 1 aromatic rings. The fourth-order valence-corrected chi connectivity index (χ4v) is 4.13. The zero-order chi connectivity index (χ0) is 16.4. The van der Waals surface area contributed by atoms with Gasteiger partial charge in [-0.05, 0) is 18.0 Å². The van der Waals surface area contributed by atoms with Crippen molar-refractivity contribution < 1.29 is 14.7 Å². The summed E-state index contributed by atoms with van der Waals surface area (Å²) in [5, 5.41) is 13.2. The second kappa shape index (κ2) is 6.98. The van der Waals surface area contributed by atoms with Crippen LogP contribution >= 0.6 is 11.3 Å². The summed E-state index contributed by atoms with van der Waals surface area (Å²) in [6, 6.07) is 2.08. The van der Waals surface area contributed by atoms with Gasteiger partial charge in [0, 0.05) is 50.7 Å². The predicted octanol–water partition coefficient (Wildman–Crippen LogP) is 0.911. The zero-order valence-electron chi connectivity index (χ0n) is 13.4. The highest BCUT2D eigenvalue weighted by Crippen LogP contribution is 2.20. The summed E-state index contributed by atoms with van der Waals surface area (Å²) < 4.78 is 0. The molecule has 7 heteroatoms. The second-order valence-corrected chi connectivity index (χ2v) is 7.08. The maximum absolute atomic E-state index is 12.6. The first-order valence-electron chi connectivity index (χ1n) is 8.09. The van der Waals surface area contributed by atoms with E-state index in [-0.39, 0.29) is 17.9 Å². The lowest BCUT2D eigenvalue weighted by molar-refractivity contribution is -0.142. The van der Waals surface area contributed by atoms with Gasteiger partial charge in [-0.1, -0.05) is 6.92 Å². The molecule has 2 atom stereocenters. The van der Waals surface area contributed by atoms with Crippen molar-refractivity contribution >= 4 is 23.2 Å². The third-order valence-corrected chi connectivity index (χ3v) is 5.54. The predicted molar refractivity (Wildman–Crippen MR) is 88.8 cm³/mol. The monoisotopic (exact) mass is 337 g/mol. The standard InChI is InChI=1S/C16H23N3O3S/c1-2-17-7-13(16(21)22)8-18-4-5-19(10-14(18)9-17)15(20)12-3-6-23-11-12/h3,6,11,13-14H,2,4-5,7-10H2,1H3,(H,21,22). The van der Waals surface area contributed by atoms with Crippen molar-refractivity contribution in [3.05, 3.63) is 22.4 Å². The number of thiophene rings is 1. The summed E-state index contributed by atoms with van der Waals surface area (Å²) in [6.07, 6.45) is 0. The lowest BCUT2D eigenvalue weighted by Crippen LogP contribution is -2.57. The molecule has 2 aliphatic heterocycles. The van der Waals surface area contributed by atoms with Crippen LogP contribution in [0.4, 0.5) is 0 Å². The Morgan fingerprint density at radius 3 is 2.74 bits per heavy atom. The maximum atomic E-state index is 12.6. The summed E-state index contributed by atoms with van der Waals surface area (Å²) in [5.41, 5.74) is 0.757. The molecular weight excluding hydrogens is 314 g/mol. The molecule has 1 amide bonds. The van der Waals surface area contributed by atoms with E-state index in [2.05, 4.69) is 16.7 Å². The van der Waals surface area contributed by atoms with Gasteiger partial charge in [-0.3, -0.25) is 14.5 Å². The molecule has 1 N–H and O–H groups in total. The molecule has 1 aromatic heterocycles. The number of aliphatic carboxylic acids is 1. The van der Waals surface area contributed by atoms with E-state index in [9.17, 15) is 14.7 Å². The molecule has 0 radical (unpaired) electrons. The molecule has 23 heavy (non-hydrogen) atoms. The van der Waals surface area contributed by atoms with Crippen LogP contribution in [0, 0.1) is 5.92 Å². The van der Waals surface area contributed by atoms with E-state index in [4.69, 9.17) is 0 Å². The quantitative estimate of drug-likeness (QED) is 0.888. The molecule has 2 fully saturated rings. The van der Waals surface area contributed by atoms with E-state index in [1.807, 2.05) is 21.7 Å². The minimum atomic E-state index is -0.721. The van der Waals surface area contributed by atoms with E-state index < -0.39 is 5.97 Å². The van der Waals surface area contributed by atoms with Crippen LogP contribution in [0.15, 0.2) is 16.8 Å². The summed E-state index contributed by atoms with van der Waals surface area (Å²) >= 11 is 1.53. The van der Waals surface area contributed by atoms with Crippen LogP contribution in [-0.2, 0) is 4.79 Å². The normalized spacial score (nSPS) is 26.6. The van der Waals surface area contributed by atoms with Gasteiger partial charge < -0.3 is 14.9 Å². The van der Waals surface area contributed by atoms with Crippen LogP contribution in [0.2, 0.25) is 0 Å². The van der Waals surface area contributed by atoms with E-state index in [0.29, 0.717) is 26.2 Å². The number of carboxylic acids is 1. The number of nitrogens with zero attached hydrogens (tertiary/aromatic N) is 3. The van der Waals surface area contributed by atoms with Gasteiger partial charge in [0.2, 0.25) is 0 Å². The van der Waals surface area contributed by atoms with Crippen LogP contribution in [0.5, 0.6) is 0 Å². The van der Waals surface area contributed by atoms with Gasteiger partial charge in [0.05, 0.1) is 11.5 Å². The number of hydrogen-bond acceptors (Lipinski definition) is 5. The fourth-order valence-electron chi connectivity index (χ4n) is 3.50. The number of carbonyl (C=O) groups excluding carboxylic acids is 1. The number of fused-ring (bicyclic) bond motifs is 1. The first kappa shape index (κ1) is 16.4. The Labute approximate surface area is 140 Å². The molecule has 0 saturated carbocycles. The lowest BCUT2D eigenvalue weighted by Gasteiger charge is -2.41. The molecule has 3 heterocycles. The molecule has 0 bridgehead atoms. The Kier molecular flexibility index (Phi) is 4.99. The first-order valence-corrected chi connectivity index (χ1v) is 9.03. The highest BCUT2D eigenvalue weighted by atomic mass is 32.1. The number of carboxylic acid groups (broad SMARTS) is 1. The Balaban J connectivity index is 1.71. The third-order valence-electron chi connectivity index (χ3n) is 4.86. The van der Waals surface area contributed by atoms with Gasteiger partial charge in [-0.2, -0.15) is 11.3 Å². The highest BCUT2D eigenvalue weighted by molar-refractivity contribution is 7.08. The molecule has 2 unspecified atom stereocenters. The van der Waals surface area contributed by atoms with Crippen LogP contribution in [0.25, 0.3) is 0 Å². The van der Waals surface area contributed by atoms with E-state index >= 15 is 0 Å². The number of piperazine rings is 1. The summed E-state index contributed by atoms with van der Waals surface area (Å²) in [4.78, 5) is 30.4. The molecular formula is C16H23N3O3S. The Hall–Kier alpha value is -1.44. The summed E-state index contributed by atoms with van der Waals surface area (Å²) in [6.45, 7) is 7.00. The van der Waals surface area contributed by atoms with Crippen LogP contribution in [0.1, 0.15) is 17.3 Å². The SMILES string of the molecule is CCN1CC(C(=O)O)CN2CCN(C(=O)c3ccsc3)CC2C1. The van der Waals surface area contributed by atoms with Gasteiger partial charge in [0.1, 0.15) is 0 Å². The highest BCUT2D eigenvalue weighted by Gasteiger charge is 2.37. The van der Waals surface area contributed by atoms with Crippen molar-refractivity contribution in [1.82, 2.24) is 14.7 Å². The first-order chi connectivity index (χ1) is 11.1. The molecule has 126 valence electrons. The van der Waals surface area contributed by atoms with Gasteiger partial charge in [0.25, 0.3) is 5.91 Å². The third kappa shape index (κ3) is 3.57. The Morgan fingerprint density at radius 2 is 2.09 bits per heavy atom. The van der Waals surface area contributed by atoms with Crippen molar-refractivity contribution in [2.45, 2.75) is 13.0 Å². The van der Waals surface area contributed by atoms with Crippen molar-refractivity contribution in [3.8, 4) is 0 Å². The maximum Gasteiger partial charge on any atom is 0.309 e. The van der Waals surface area contributed by atoms with Crippen LogP contribution < -0.4 is 0 Å². The van der Waals surface area contributed by atoms with E-state index in [1.165, 1.54) is 11.3 Å². The topological polar surface area (TPSA) is 64.1 Å². The van der Waals surface area contributed by atoms with Crippen LogP contribution in [0.3, 0.4) is 0 Å². The molecule has 3 rings (SSSR count).